The van der Waals surface area contributed by atoms with Crippen LogP contribution in [0.15, 0.2) is 158 Å². The van der Waals surface area contributed by atoms with Gasteiger partial charge in [0.25, 0.3) is 0 Å². The summed E-state index contributed by atoms with van der Waals surface area (Å²) in [6, 6.07) is 55.6. The molecule has 0 amide bonds. The van der Waals surface area contributed by atoms with Crippen LogP contribution in [0, 0.1) is 0 Å². The number of para-hydroxylation sites is 3. The van der Waals surface area contributed by atoms with Crippen molar-refractivity contribution in [2.75, 3.05) is 0 Å². The van der Waals surface area contributed by atoms with Gasteiger partial charge in [-0.3, -0.25) is 4.57 Å². The Morgan fingerprint density at radius 3 is 1.81 bits per heavy atom. The number of aromatic nitrogens is 4. The molecule has 0 aliphatic rings. The summed E-state index contributed by atoms with van der Waals surface area (Å²) in [5.74, 6) is 0.673. The Kier molecular flexibility index (Phi) is 5.71. The van der Waals surface area contributed by atoms with E-state index in [0.29, 0.717) is 5.95 Å². The highest BCUT2D eigenvalue weighted by atomic mass is 32.1. The highest BCUT2D eigenvalue weighted by Gasteiger charge is 2.24. The van der Waals surface area contributed by atoms with E-state index < -0.39 is 0 Å². The fourth-order valence-corrected chi connectivity index (χ4v) is 8.49. The molecule has 0 bridgehead atoms. The van der Waals surface area contributed by atoms with Crippen LogP contribution >= 0.6 is 11.3 Å². The van der Waals surface area contributed by atoms with Crippen LogP contribution in [0.25, 0.3) is 87.2 Å². The Bertz CT molecular complexity index is 2770. The van der Waals surface area contributed by atoms with Crippen molar-refractivity contribution in [1.82, 2.24) is 19.1 Å². The van der Waals surface area contributed by atoms with Gasteiger partial charge in [-0.05, 0) is 35.4 Å². The van der Waals surface area contributed by atoms with Gasteiger partial charge in [0, 0.05) is 37.5 Å². The minimum Gasteiger partial charge on any atom is -0.306 e. The zero-order valence-electron chi connectivity index (χ0n) is 25.2. The number of hydrogen-bond acceptors (Lipinski definition) is 3. The number of rotatable bonds is 4. The largest absolute Gasteiger partial charge is 0.306 e. The lowest BCUT2D eigenvalue weighted by Gasteiger charge is -2.13. The van der Waals surface area contributed by atoms with Gasteiger partial charge < -0.3 is 4.57 Å². The molecule has 5 heteroatoms. The number of nitrogens with zero attached hydrogens (tertiary/aromatic N) is 4. The molecule has 0 aliphatic heterocycles. The van der Waals surface area contributed by atoms with Crippen molar-refractivity contribution < 1.29 is 0 Å². The van der Waals surface area contributed by atoms with Crippen molar-refractivity contribution in [3.05, 3.63) is 158 Å². The SMILES string of the molecule is c1ccc(-c2cccc3c2sc2c3c3ccccc3n2-c2nc(-c3ccccc3)c3c(n2)c2ccccc2n3-c2ccccc2)cc1. The molecule has 4 aromatic heterocycles. The van der Waals surface area contributed by atoms with Crippen LogP contribution in [-0.2, 0) is 0 Å². The molecule has 0 fully saturated rings. The summed E-state index contributed by atoms with van der Waals surface area (Å²) < 4.78 is 5.87. The van der Waals surface area contributed by atoms with Crippen LogP contribution in [0.5, 0.6) is 0 Å². The number of hydrogen-bond donors (Lipinski definition) is 0. The van der Waals surface area contributed by atoms with Gasteiger partial charge >= 0.3 is 0 Å². The van der Waals surface area contributed by atoms with Gasteiger partial charge in [-0.15, -0.1) is 11.3 Å². The fraction of sp³-hybridized carbons (Fsp3) is 0. The molecule has 220 valence electrons. The maximum atomic E-state index is 5.48. The maximum absolute atomic E-state index is 5.48. The minimum atomic E-state index is 0.673. The Morgan fingerprint density at radius 2 is 1.06 bits per heavy atom. The van der Waals surface area contributed by atoms with Crippen LogP contribution in [-0.4, -0.2) is 19.1 Å². The van der Waals surface area contributed by atoms with Crippen LogP contribution in [0.3, 0.4) is 0 Å². The van der Waals surface area contributed by atoms with Gasteiger partial charge in [-0.2, -0.15) is 0 Å². The summed E-state index contributed by atoms with van der Waals surface area (Å²) in [7, 11) is 0. The van der Waals surface area contributed by atoms with E-state index in [1.165, 1.54) is 32.0 Å². The standard InChI is InChI=1S/C42H26N4S/c1-4-15-27(16-5-1)30-23-14-24-33-36-31-21-10-12-25-34(31)46(41(36)47-40(30)33)42-43-37(28-17-6-2-7-18-28)39-38(44-42)32-22-11-13-26-35(32)45(39)29-19-8-3-9-20-29/h1-26H. The lowest BCUT2D eigenvalue weighted by Crippen LogP contribution is -2.04. The zero-order chi connectivity index (χ0) is 30.9. The van der Waals surface area contributed by atoms with Crippen molar-refractivity contribution >= 4 is 64.5 Å². The molecular formula is C42H26N4S. The third-order valence-electron chi connectivity index (χ3n) is 9.16. The van der Waals surface area contributed by atoms with Crippen LogP contribution < -0.4 is 0 Å². The van der Waals surface area contributed by atoms with E-state index >= 15 is 0 Å². The molecule has 0 aliphatic carbocycles. The molecule has 47 heavy (non-hydrogen) atoms. The Hall–Kier alpha value is -6.04. The van der Waals surface area contributed by atoms with Crippen molar-refractivity contribution in [2.24, 2.45) is 0 Å². The smallest absolute Gasteiger partial charge is 0.236 e. The predicted molar refractivity (Wildman–Crippen MR) is 197 cm³/mol. The molecule has 0 N–H and O–H groups in total. The van der Waals surface area contributed by atoms with Crippen molar-refractivity contribution in [3.63, 3.8) is 0 Å². The van der Waals surface area contributed by atoms with Gasteiger partial charge in [0.1, 0.15) is 16.0 Å². The summed E-state index contributed by atoms with van der Waals surface area (Å²) in [5, 5.41) is 4.81. The van der Waals surface area contributed by atoms with Gasteiger partial charge in [-0.25, -0.2) is 9.97 Å². The lowest BCUT2D eigenvalue weighted by molar-refractivity contribution is 1.01. The molecule has 0 atom stereocenters. The number of fused-ring (bicyclic) bond motifs is 8. The fourth-order valence-electron chi connectivity index (χ4n) is 7.13. The topological polar surface area (TPSA) is 35.6 Å². The van der Waals surface area contributed by atoms with Crippen LogP contribution in [0.1, 0.15) is 0 Å². The van der Waals surface area contributed by atoms with E-state index in [1.54, 1.807) is 0 Å². The highest BCUT2D eigenvalue weighted by molar-refractivity contribution is 7.26. The van der Waals surface area contributed by atoms with E-state index in [2.05, 4.69) is 167 Å². The molecule has 0 spiro atoms. The molecule has 10 aromatic rings. The summed E-state index contributed by atoms with van der Waals surface area (Å²) in [5.41, 5.74) is 9.65. The molecule has 4 nitrogen and oxygen atoms in total. The van der Waals surface area contributed by atoms with Gasteiger partial charge in [0.15, 0.2) is 0 Å². The number of benzene rings is 6. The number of thiophene rings is 1. The molecule has 4 heterocycles. The predicted octanol–water partition coefficient (Wildman–Crippen LogP) is 11.2. The summed E-state index contributed by atoms with van der Waals surface area (Å²) in [4.78, 5) is 12.1. The third kappa shape index (κ3) is 3.87. The maximum Gasteiger partial charge on any atom is 0.236 e. The van der Waals surface area contributed by atoms with E-state index in [0.717, 1.165) is 49.2 Å². The first-order valence-electron chi connectivity index (χ1n) is 15.8. The Labute approximate surface area is 274 Å². The summed E-state index contributed by atoms with van der Waals surface area (Å²) >= 11 is 1.82. The molecule has 0 radical (unpaired) electrons. The van der Waals surface area contributed by atoms with E-state index in [-0.39, 0.29) is 0 Å². The first kappa shape index (κ1) is 26.2. The first-order valence-corrected chi connectivity index (χ1v) is 16.6. The Balaban J connectivity index is 1.36. The molecule has 10 rings (SSSR count). The second-order valence-electron chi connectivity index (χ2n) is 11.8. The zero-order valence-corrected chi connectivity index (χ0v) is 26.0. The summed E-state index contributed by atoms with van der Waals surface area (Å²) in [6.07, 6.45) is 0. The monoisotopic (exact) mass is 618 g/mol. The second-order valence-corrected chi connectivity index (χ2v) is 12.8. The molecule has 0 unspecified atom stereocenters. The van der Waals surface area contributed by atoms with Crippen molar-refractivity contribution in [3.8, 4) is 34.0 Å². The first-order chi connectivity index (χ1) is 23.3. The second kappa shape index (κ2) is 10.2. The van der Waals surface area contributed by atoms with E-state index in [1.807, 2.05) is 11.3 Å². The van der Waals surface area contributed by atoms with Crippen LogP contribution in [0.2, 0.25) is 0 Å². The normalized spacial score (nSPS) is 11.8. The van der Waals surface area contributed by atoms with Gasteiger partial charge in [0.2, 0.25) is 5.95 Å². The minimum absolute atomic E-state index is 0.673. The molecule has 6 aromatic carbocycles. The average molecular weight is 619 g/mol. The lowest BCUT2D eigenvalue weighted by atomic mass is 10.0. The van der Waals surface area contributed by atoms with E-state index in [4.69, 9.17) is 9.97 Å². The summed E-state index contributed by atoms with van der Waals surface area (Å²) in [6.45, 7) is 0. The average Bonchev–Trinajstić information content (AvgIpc) is 3.79. The van der Waals surface area contributed by atoms with Crippen LogP contribution in [0.4, 0.5) is 0 Å². The Morgan fingerprint density at radius 1 is 0.468 bits per heavy atom. The van der Waals surface area contributed by atoms with Crippen molar-refractivity contribution in [2.45, 2.75) is 0 Å². The van der Waals surface area contributed by atoms with Gasteiger partial charge in [0.05, 0.1) is 16.6 Å². The molecular weight excluding hydrogens is 593 g/mol. The third-order valence-corrected chi connectivity index (χ3v) is 10.4. The highest BCUT2D eigenvalue weighted by Crippen LogP contribution is 2.46. The molecule has 0 saturated carbocycles. The van der Waals surface area contributed by atoms with Gasteiger partial charge in [-0.1, -0.05) is 133 Å². The van der Waals surface area contributed by atoms with Crippen molar-refractivity contribution in [1.29, 1.82) is 0 Å². The quantitative estimate of drug-likeness (QED) is 0.197. The van der Waals surface area contributed by atoms with E-state index in [9.17, 15) is 0 Å². The molecule has 0 saturated heterocycles.